The van der Waals surface area contributed by atoms with Crippen molar-refractivity contribution in [2.45, 2.75) is 39.7 Å². The molecule has 0 aromatic heterocycles. The first kappa shape index (κ1) is 15.8. The van der Waals surface area contributed by atoms with E-state index in [0.717, 1.165) is 51.0 Å². The molecule has 21 heavy (non-hydrogen) atoms. The quantitative estimate of drug-likeness (QED) is 0.644. The van der Waals surface area contributed by atoms with Crippen molar-refractivity contribution in [3.05, 3.63) is 47.0 Å². The molecule has 1 aromatic carbocycles. The van der Waals surface area contributed by atoms with E-state index in [9.17, 15) is 4.79 Å². The van der Waals surface area contributed by atoms with Crippen molar-refractivity contribution >= 4 is 5.91 Å². The van der Waals surface area contributed by atoms with Gasteiger partial charge in [0.15, 0.2) is 0 Å². The molecule has 0 unspecified atom stereocenters. The van der Waals surface area contributed by atoms with Crippen LogP contribution in [-0.2, 0) is 17.8 Å². The van der Waals surface area contributed by atoms with E-state index in [1.165, 1.54) is 11.1 Å². The van der Waals surface area contributed by atoms with Gasteiger partial charge in [-0.05, 0) is 37.3 Å². The standard InChI is InChI=1S/C18H26N2O/c1-3-7-15(2)18(21)19-11-6-12-20-13-10-16-8-4-5-9-17(16)14-20/h4-5,7-9H,3,6,10-14H2,1-2H3,(H,19,21)/b15-7+. The van der Waals surface area contributed by atoms with Gasteiger partial charge in [-0.15, -0.1) is 0 Å². The molecule has 1 amide bonds. The van der Waals surface area contributed by atoms with E-state index in [0.29, 0.717) is 0 Å². The average Bonchev–Trinajstić information content (AvgIpc) is 2.51. The van der Waals surface area contributed by atoms with Gasteiger partial charge in [0.05, 0.1) is 0 Å². The van der Waals surface area contributed by atoms with Gasteiger partial charge in [-0.1, -0.05) is 37.3 Å². The van der Waals surface area contributed by atoms with Crippen LogP contribution in [0.5, 0.6) is 0 Å². The Labute approximate surface area is 128 Å². The Kier molecular flexibility index (Phi) is 6.00. The number of benzene rings is 1. The summed E-state index contributed by atoms with van der Waals surface area (Å²) in [6.45, 7) is 7.89. The molecule has 1 aromatic rings. The molecule has 2 rings (SSSR count). The molecule has 1 N–H and O–H groups in total. The second kappa shape index (κ2) is 7.99. The lowest BCUT2D eigenvalue weighted by molar-refractivity contribution is -0.117. The van der Waals surface area contributed by atoms with Gasteiger partial charge in [0.2, 0.25) is 5.91 Å². The number of hydrogen-bond acceptors (Lipinski definition) is 2. The highest BCUT2D eigenvalue weighted by Crippen LogP contribution is 2.18. The number of nitrogens with zero attached hydrogens (tertiary/aromatic N) is 1. The van der Waals surface area contributed by atoms with Gasteiger partial charge in [0.25, 0.3) is 0 Å². The molecule has 3 nitrogen and oxygen atoms in total. The molecule has 1 heterocycles. The van der Waals surface area contributed by atoms with Crippen molar-refractivity contribution < 1.29 is 4.79 Å². The molecule has 0 atom stereocenters. The second-order valence-electron chi connectivity index (χ2n) is 5.70. The number of hydrogen-bond donors (Lipinski definition) is 1. The van der Waals surface area contributed by atoms with Crippen LogP contribution in [0, 0.1) is 0 Å². The third-order valence-corrected chi connectivity index (χ3v) is 4.01. The van der Waals surface area contributed by atoms with E-state index in [4.69, 9.17) is 0 Å². The monoisotopic (exact) mass is 286 g/mol. The third kappa shape index (κ3) is 4.71. The number of nitrogens with one attached hydrogen (secondary N) is 1. The number of carbonyl (C=O) groups is 1. The smallest absolute Gasteiger partial charge is 0.246 e. The lowest BCUT2D eigenvalue weighted by Gasteiger charge is -2.28. The minimum absolute atomic E-state index is 0.0702. The van der Waals surface area contributed by atoms with Crippen LogP contribution < -0.4 is 5.32 Å². The minimum atomic E-state index is 0.0702. The zero-order chi connectivity index (χ0) is 15.1. The highest BCUT2D eigenvalue weighted by Gasteiger charge is 2.14. The highest BCUT2D eigenvalue weighted by molar-refractivity contribution is 5.92. The molecule has 0 saturated heterocycles. The fourth-order valence-corrected chi connectivity index (χ4v) is 2.79. The summed E-state index contributed by atoms with van der Waals surface area (Å²) in [5.74, 6) is 0.0702. The summed E-state index contributed by atoms with van der Waals surface area (Å²) in [6.07, 6.45) is 5.03. The van der Waals surface area contributed by atoms with Crippen LogP contribution in [0.1, 0.15) is 37.8 Å². The van der Waals surface area contributed by atoms with Gasteiger partial charge in [-0.25, -0.2) is 0 Å². The molecule has 0 saturated carbocycles. The van der Waals surface area contributed by atoms with Crippen molar-refractivity contribution in [2.24, 2.45) is 0 Å². The fourth-order valence-electron chi connectivity index (χ4n) is 2.79. The molecule has 0 aliphatic carbocycles. The molecule has 0 bridgehead atoms. The predicted molar refractivity (Wildman–Crippen MR) is 87.1 cm³/mol. The molecular formula is C18H26N2O. The van der Waals surface area contributed by atoms with E-state index in [1.54, 1.807) is 0 Å². The van der Waals surface area contributed by atoms with Gasteiger partial charge in [0.1, 0.15) is 0 Å². The zero-order valence-corrected chi connectivity index (χ0v) is 13.2. The topological polar surface area (TPSA) is 32.3 Å². The molecule has 0 radical (unpaired) electrons. The predicted octanol–water partition coefficient (Wildman–Crippen LogP) is 2.91. The van der Waals surface area contributed by atoms with Crippen LogP contribution in [0.15, 0.2) is 35.9 Å². The van der Waals surface area contributed by atoms with Crippen molar-refractivity contribution in [1.29, 1.82) is 0 Å². The molecule has 0 spiro atoms. The van der Waals surface area contributed by atoms with E-state index >= 15 is 0 Å². The summed E-state index contributed by atoms with van der Waals surface area (Å²) in [5.41, 5.74) is 3.77. The number of rotatable bonds is 6. The Balaban J connectivity index is 1.69. The Morgan fingerprint density at radius 3 is 2.86 bits per heavy atom. The van der Waals surface area contributed by atoms with Crippen LogP contribution in [0.3, 0.4) is 0 Å². The first-order valence-electron chi connectivity index (χ1n) is 7.94. The Hall–Kier alpha value is -1.61. The molecule has 1 aliphatic heterocycles. The van der Waals surface area contributed by atoms with Crippen LogP contribution in [-0.4, -0.2) is 30.4 Å². The van der Waals surface area contributed by atoms with Crippen LogP contribution in [0.4, 0.5) is 0 Å². The first-order chi connectivity index (χ1) is 10.2. The number of allylic oxidation sites excluding steroid dienone is 1. The van der Waals surface area contributed by atoms with Gasteiger partial charge in [-0.3, -0.25) is 9.69 Å². The lowest BCUT2D eigenvalue weighted by Crippen LogP contribution is -2.33. The number of amides is 1. The summed E-state index contributed by atoms with van der Waals surface area (Å²) in [4.78, 5) is 14.2. The van der Waals surface area contributed by atoms with Gasteiger partial charge in [-0.2, -0.15) is 0 Å². The Bertz CT molecular complexity index is 508. The zero-order valence-electron chi connectivity index (χ0n) is 13.2. The van der Waals surface area contributed by atoms with E-state index < -0.39 is 0 Å². The fraction of sp³-hybridized carbons (Fsp3) is 0.500. The van der Waals surface area contributed by atoms with Gasteiger partial charge >= 0.3 is 0 Å². The molecule has 0 fully saturated rings. The third-order valence-electron chi connectivity index (χ3n) is 4.01. The van der Waals surface area contributed by atoms with Crippen LogP contribution in [0.2, 0.25) is 0 Å². The van der Waals surface area contributed by atoms with Crippen molar-refractivity contribution in [1.82, 2.24) is 10.2 Å². The summed E-state index contributed by atoms with van der Waals surface area (Å²) in [6, 6.07) is 8.69. The SMILES string of the molecule is CC/C=C(\C)C(=O)NCCCN1CCc2ccccc2C1. The van der Waals surface area contributed by atoms with Crippen molar-refractivity contribution in [2.75, 3.05) is 19.6 Å². The maximum atomic E-state index is 11.8. The second-order valence-corrected chi connectivity index (χ2v) is 5.70. The first-order valence-corrected chi connectivity index (χ1v) is 7.94. The van der Waals surface area contributed by atoms with Crippen molar-refractivity contribution in [3.63, 3.8) is 0 Å². The molecule has 3 heteroatoms. The van der Waals surface area contributed by atoms with Crippen molar-refractivity contribution in [3.8, 4) is 0 Å². The van der Waals surface area contributed by atoms with E-state index in [1.807, 2.05) is 19.9 Å². The summed E-state index contributed by atoms with van der Waals surface area (Å²) < 4.78 is 0. The van der Waals surface area contributed by atoms with Gasteiger partial charge in [0, 0.05) is 31.8 Å². The Morgan fingerprint density at radius 1 is 1.33 bits per heavy atom. The maximum Gasteiger partial charge on any atom is 0.246 e. The van der Waals surface area contributed by atoms with Gasteiger partial charge < -0.3 is 5.32 Å². The molecule has 1 aliphatic rings. The highest BCUT2D eigenvalue weighted by atomic mass is 16.1. The normalized spacial score (nSPS) is 15.6. The summed E-state index contributed by atoms with van der Waals surface area (Å²) in [5, 5.41) is 2.99. The van der Waals surface area contributed by atoms with E-state index in [-0.39, 0.29) is 5.91 Å². The average molecular weight is 286 g/mol. The van der Waals surface area contributed by atoms with Crippen LogP contribution in [0.25, 0.3) is 0 Å². The maximum absolute atomic E-state index is 11.8. The Morgan fingerprint density at radius 2 is 2.10 bits per heavy atom. The number of fused-ring (bicyclic) bond motifs is 1. The summed E-state index contributed by atoms with van der Waals surface area (Å²) in [7, 11) is 0. The van der Waals surface area contributed by atoms with E-state index in [2.05, 4.69) is 34.5 Å². The molecule has 114 valence electrons. The minimum Gasteiger partial charge on any atom is -0.352 e. The largest absolute Gasteiger partial charge is 0.352 e. The number of carbonyl (C=O) groups excluding carboxylic acids is 1. The summed E-state index contributed by atoms with van der Waals surface area (Å²) >= 11 is 0. The molecular weight excluding hydrogens is 260 g/mol. The lowest BCUT2D eigenvalue weighted by atomic mass is 10.00. The van der Waals surface area contributed by atoms with Crippen LogP contribution >= 0.6 is 0 Å².